The third-order valence-electron chi connectivity index (χ3n) is 2.44. The number of hydrogen-bond donors (Lipinski definition) is 2. The first kappa shape index (κ1) is 15.9. The Bertz CT molecular complexity index is 241. The highest BCUT2D eigenvalue weighted by molar-refractivity contribution is 5.84. The molecule has 1 atom stereocenters. The lowest BCUT2D eigenvalue weighted by Gasteiger charge is -2.13. The Morgan fingerprint density at radius 3 is 2.41 bits per heavy atom. The van der Waals surface area contributed by atoms with Crippen molar-refractivity contribution in [3.8, 4) is 0 Å². The number of unbranched alkanes of at least 4 members (excludes halogenated alkanes) is 1. The molecule has 2 N–H and O–H groups in total. The van der Waals surface area contributed by atoms with Crippen LogP contribution in [0.1, 0.15) is 39.5 Å². The largest absolute Gasteiger partial charge is 0.467 e. The van der Waals surface area contributed by atoms with E-state index in [1.165, 1.54) is 7.11 Å². The molecule has 0 aromatic heterocycles. The van der Waals surface area contributed by atoms with Crippen molar-refractivity contribution in [1.82, 2.24) is 5.32 Å². The van der Waals surface area contributed by atoms with Crippen molar-refractivity contribution in [3.63, 3.8) is 0 Å². The van der Waals surface area contributed by atoms with Crippen LogP contribution in [0.2, 0.25) is 0 Å². The topological polar surface area (TPSA) is 75.6 Å². The van der Waals surface area contributed by atoms with Crippen molar-refractivity contribution in [2.45, 2.75) is 45.6 Å². The summed E-state index contributed by atoms with van der Waals surface area (Å²) in [7, 11) is 1.22. The van der Waals surface area contributed by atoms with Crippen LogP contribution in [0.3, 0.4) is 0 Å². The molecule has 0 aliphatic rings. The number of carbonyl (C=O) groups excluding carboxylic acids is 2. The van der Waals surface area contributed by atoms with Crippen LogP contribution in [0, 0.1) is 5.92 Å². The number of hydrogen-bond acceptors (Lipinski definition) is 4. The highest BCUT2D eigenvalue weighted by Gasteiger charge is 2.19. The molecule has 1 amide bonds. The summed E-state index contributed by atoms with van der Waals surface area (Å²) in [6.45, 7) is 3.84. The minimum atomic E-state index is -0.947. The van der Waals surface area contributed by atoms with Crippen molar-refractivity contribution in [2.24, 2.45) is 5.92 Å². The van der Waals surface area contributed by atoms with Gasteiger partial charge in [0.15, 0.2) is 6.04 Å². The maximum atomic E-state index is 11.4. The number of methoxy groups -OCH3 is 1. The number of esters is 1. The van der Waals surface area contributed by atoms with Crippen LogP contribution in [0.15, 0.2) is 0 Å². The van der Waals surface area contributed by atoms with Crippen molar-refractivity contribution in [3.05, 3.63) is 0 Å². The molecule has 5 heteroatoms. The van der Waals surface area contributed by atoms with Gasteiger partial charge in [0.25, 0.3) is 0 Å². The Morgan fingerprint density at radius 1 is 1.29 bits per heavy atom. The number of nitrogens with one attached hydrogen (secondary N) is 1. The summed E-state index contributed by atoms with van der Waals surface area (Å²) < 4.78 is 4.45. The lowest BCUT2D eigenvalue weighted by Crippen LogP contribution is -2.43. The number of ether oxygens (including phenoxy) is 1. The van der Waals surface area contributed by atoms with E-state index in [2.05, 4.69) is 23.9 Å². The second-order valence-corrected chi connectivity index (χ2v) is 4.47. The van der Waals surface area contributed by atoms with E-state index in [0.29, 0.717) is 12.3 Å². The SMILES string of the molecule is COC(=O)[C@H](CO)NC(=O)CCCCC(C)C. The maximum Gasteiger partial charge on any atom is 0.330 e. The van der Waals surface area contributed by atoms with Gasteiger partial charge in [-0.15, -0.1) is 0 Å². The molecule has 0 rings (SSSR count). The summed E-state index contributed by atoms with van der Waals surface area (Å²) in [5.74, 6) is -0.209. The molecule has 0 aromatic carbocycles. The molecule has 5 nitrogen and oxygen atoms in total. The van der Waals surface area contributed by atoms with Gasteiger partial charge in [0, 0.05) is 6.42 Å². The van der Waals surface area contributed by atoms with Crippen LogP contribution in [0.4, 0.5) is 0 Å². The standard InChI is InChI=1S/C12H23NO4/c1-9(2)6-4-5-7-11(15)13-10(8-14)12(16)17-3/h9-10,14H,4-8H2,1-3H3,(H,13,15)/t10-/m0/s1. The Labute approximate surface area is 103 Å². The van der Waals surface area contributed by atoms with Crippen LogP contribution < -0.4 is 5.32 Å². The third kappa shape index (κ3) is 7.74. The van der Waals surface area contributed by atoms with E-state index in [9.17, 15) is 9.59 Å². The summed E-state index contributed by atoms with van der Waals surface area (Å²) in [6.07, 6.45) is 3.25. The van der Waals surface area contributed by atoms with Gasteiger partial charge in [0.1, 0.15) is 0 Å². The fourth-order valence-corrected chi connectivity index (χ4v) is 1.43. The Morgan fingerprint density at radius 2 is 1.94 bits per heavy atom. The maximum absolute atomic E-state index is 11.4. The first-order chi connectivity index (χ1) is 8.01. The average Bonchev–Trinajstić information content (AvgIpc) is 2.30. The predicted octanol–water partition coefficient (Wildman–Crippen LogP) is 0.853. The fourth-order valence-electron chi connectivity index (χ4n) is 1.43. The van der Waals surface area contributed by atoms with Gasteiger partial charge in [-0.2, -0.15) is 0 Å². The summed E-state index contributed by atoms with van der Waals surface area (Å²) in [5, 5.41) is 11.3. The first-order valence-electron chi connectivity index (χ1n) is 5.99. The summed E-state index contributed by atoms with van der Waals surface area (Å²) in [4.78, 5) is 22.5. The van der Waals surface area contributed by atoms with Gasteiger partial charge in [-0.05, 0) is 12.3 Å². The lowest BCUT2D eigenvalue weighted by molar-refractivity contribution is -0.146. The van der Waals surface area contributed by atoms with E-state index in [0.717, 1.165) is 19.3 Å². The Balaban J connectivity index is 3.80. The van der Waals surface area contributed by atoms with Crippen LogP contribution in [-0.2, 0) is 14.3 Å². The van der Waals surface area contributed by atoms with Crippen molar-refractivity contribution in [1.29, 1.82) is 0 Å². The van der Waals surface area contributed by atoms with Crippen molar-refractivity contribution >= 4 is 11.9 Å². The minimum Gasteiger partial charge on any atom is -0.467 e. The second-order valence-electron chi connectivity index (χ2n) is 4.47. The molecular weight excluding hydrogens is 222 g/mol. The third-order valence-corrected chi connectivity index (χ3v) is 2.44. The van der Waals surface area contributed by atoms with E-state index >= 15 is 0 Å². The first-order valence-corrected chi connectivity index (χ1v) is 5.99. The van der Waals surface area contributed by atoms with E-state index in [1.807, 2.05) is 0 Å². The van der Waals surface area contributed by atoms with E-state index in [4.69, 9.17) is 5.11 Å². The van der Waals surface area contributed by atoms with E-state index < -0.39 is 18.6 Å². The van der Waals surface area contributed by atoms with Crippen LogP contribution in [0.5, 0.6) is 0 Å². The number of rotatable bonds is 8. The molecule has 0 saturated carbocycles. The van der Waals surface area contributed by atoms with Gasteiger partial charge in [0.2, 0.25) is 5.91 Å². The molecule has 0 fully saturated rings. The van der Waals surface area contributed by atoms with Crippen molar-refractivity contribution < 1.29 is 19.4 Å². The molecule has 100 valence electrons. The van der Waals surface area contributed by atoms with Gasteiger partial charge in [-0.1, -0.05) is 26.7 Å². The molecule has 0 bridgehead atoms. The van der Waals surface area contributed by atoms with Crippen LogP contribution in [-0.4, -0.2) is 36.7 Å². The molecule has 0 radical (unpaired) electrons. The molecule has 0 aliphatic carbocycles. The molecular formula is C12H23NO4. The highest BCUT2D eigenvalue weighted by Crippen LogP contribution is 2.07. The molecule has 0 aliphatic heterocycles. The second kappa shape index (κ2) is 8.98. The van der Waals surface area contributed by atoms with Gasteiger partial charge in [0.05, 0.1) is 13.7 Å². The quantitative estimate of drug-likeness (QED) is 0.491. The molecule has 0 saturated heterocycles. The fraction of sp³-hybridized carbons (Fsp3) is 0.833. The Kier molecular flexibility index (Phi) is 8.40. The number of carbonyl (C=O) groups is 2. The summed E-state index contributed by atoms with van der Waals surface area (Å²) in [5.41, 5.74) is 0. The lowest BCUT2D eigenvalue weighted by atomic mass is 10.1. The molecule has 0 aromatic rings. The summed E-state index contributed by atoms with van der Waals surface area (Å²) >= 11 is 0. The normalized spacial score (nSPS) is 12.3. The minimum absolute atomic E-state index is 0.224. The molecule has 0 heterocycles. The predicted molar refractivity (Wildman–Crippen MR) is 64.3 cm³/mol. The number of aliphatic hydroxyl groups is 1. The monoisotopic (exact) mass is 245 g/mol. The average molecular weight is 245 g/mol. The van der Waals surface area contributed by atoms with Gasteiger partial charge >= 0.3 is 5.97 Å². The van der Waals surface area contributed by atoms with Gasteiger partial charge < -0.3 is 15.2 Å². The van der Waals surface area contributed by atoms with E-state index in [-0.39, 0.29) is 5.91 Å². The summed E-state index contributed by atoms with van der Waals surface area (Å²) in [6, 6.07) is -0.947. The van der Waals surface area contributed by atoms with Gasteiger partial charge in [-0.25, -0.2) is 4.79 Å². The molecule has 17 heavy (non-hydrogen) atoms. The zero-order chi connectivity index (χ0) is 13.3. The van der Waals surface area contributed by atoms with Crippen LogP contribution in [0.25, 0.3) is 0 Å². The number of aliphatic hydroxyl groups excluding tert-OH is 1. The zero-order valence-corrected chi connectivity index (χ0v) is 10.9. The highest BCUT2D eigenvalue weighted by atomic mass is 16.5. The van der Waals surface area contributed by atoms with Crippen LogP contribution >= 0.6 is 0 Å². The number of amides is 1. The molecule has 0 spiro atoms. The zero-order valence-electron chi connectivity index (χ0n) is 10.9. The molecule has 0 unspecified atom stereocenters. The van der Waals surface area contributed by atoms with Crippen molar-refractivity contribution in [2.75, 3.05) is 13.7 Å². The Hall–Kier alpha value is -1.10. The smallest absolute Gasteiger partial charge is 0.330 e. The van der Waals surface area contributed by atoms with E-state index in [1.54, 1.807) is 0 Å². The van der Waals surface area contributed by atoms with Gasteiger partial charge in [-0.3, -0.25) is 4.79 Å².